The van der Waals surface area contributed by atoms with Crippen LogP contribution in [0.3, 0.4) is 0 Å². The molecular weight excluding hydrogens is 845 g/mol. The Bertz CT molecular complexity index is 943. The number of carbonyl (C=O) groups is 1. The predicted molar refractivity (Wildman–Crippen MR) is 307 cm³/mol. The van der Waals surface area contributed by atoms with E-state index in [0.29, 0.717) is 19.6 Å². The molecule has 410 valence electrons. The fraction of sp³-hybridized carbons (Fsp3) is 0.923. The van der Waals surface area contributed by atoms with E-state index >= 15 is 0 Å². The monoisotopic (exact) mass is 971 g/mol. The number of hydrogen-bond donors (Lipinski definition) is 0. The van der Waals surface area contributed by atoms with Gasteiger partial charge in [0.2, 0.25) is 0 Å². The summed E-state index contributed by atoms with van der Waals surface area (Å²) >= 11 is 0. The van der Waals surface area contributed by atoms with Gasteiger partial charge in [-0.15, -0.1) is 0 Å². The van der Waals surface area contributed by atoms with Gasteiger partial charge in [0.1, 0.15) is 6.10 Å². The number of esters is 1. The molecule has 0 saturated heterocycles. The second-order valence-electron chi connectivity index (χ2n) is 21.7. The van der Waals surface area contributed by atoms with Crippen LogP contribution < -0.4 is 0 Å². The van der Waals surface area contributed by atoms with Crippen LogP contribution in [0.25, 0.3) is 0 Å². The minimum Gasteiger partial charge on any atom is -0.457 e. The molecule has 0 heterocycles. The van der Waals surface area contributed by atoms with Crippen LogP contribution in [0.15, 0.2) is 24.3 Å². The van der Waals surface area contributed by atoms with Crippen LogP contribution in [0.2, 0.25) is 0 Å². The molecule has 0 bridgehead atoms. The summed E-state index contributed by atoms with van der Waals surface area (Å²) in [5, 5.41) is 0. The second kappa shape index (κ2) is 63.0. The highest BCUT2D eigenvalue weighted by atomic mass is 16.6. The molecule has 0 aliphatic rings. The van der Waals surface area contributed by atoms with Gasteiger partial charge in [0, 0.05) is 19.6 Å². The summed E-state index contributed by atoms with van der Waals surface area (Å²) < 4.78 is 18.2. The topological polar surface area (TPSA) is 44.8 Å². The van der Waals surface area contributed by atoms with Crippen LogP contribution in [-0.4, -0.2) is 38.5 Å². The zero-order valence-electron chi connectivity index (χ0n) is 47.6. The van der Waals surface area contributed by atoms with Gasteiger partial charge in [-0.1, -0.05) is 321 Å². The number of allylic oxidation sites excluding steroid dienone is 4. The molecule has 0 unspecified atom stereocenters. The summed E-state index contributed by atoms with van der Waals surface area (Å²) in [5.74, 6) is -0.0875. The van der Waals surface area contributed by atoms with Gasteiger partial charge in [0.25, 0.3) is 0 Å². The lowest BCUT2D eigenvalue weighted by molar-refractivity contribution is -0.156. The normalized spacial score (nSPS) is 11.9. The van der Waals surface area contributed by atoms with Gasteiger partial charge in [-0.25, -0.2) is 0 Å². The largest absolute Gasteiger partial charge is 0.457 e. The van der Waals surface area contributed by atoms with E-state index in [4.69, 9.17) is 14.2 Å². The summed E-state index contributed by atoms with van der Waals surface area (Å²) in [5.41, 5.74) is 0. The van der Waals surface area contributed by atoms with Crippen molar-refractivity contribution >= 4 is 5.97 Å². The maximum atomic E-state index is 12.9. The SMILES string of the molecule is CCCCCC=CCC=CCCCCCCCC(=O)OC(COCCCCCCCCCCCCCCCCCCCCCC)COCCCCCCCCCCCCCCCCCCCCCC. The van der Waals surface area contributed by atoms with Gasteiger partial charge in [-0.2, -0.15) is 0 Å². The molecule has 0 aliphatic carbocycles. The highest BCUT2D eigenvalue weighted by Crippen LogP contribution is 2.18. The van der Waals surface area contributed by atoms with Crippen molar-refractivity contribution in [1.29, 1.82) is 0 Å². The maximum Gasteiger partial charge on any atom is 0.306 e. The minimum absolute atomic E-state index is 0.0875. The van der Waals surface area contributed by atoms with Gasteiger partial charge < -0.3 is 14.2 Å². The standard InChI is InChI=1S/C65H126O4/c1-4-7-10-13-16-19-22-25-28-30-32-34-36-39-42-45-48-51-54-57-60-67-62-64(69-65(66)59-56-53-50-47-44-41-38-27-24-21-18-15-12-9-6-3)63-68-61-58-55-52-49-46-43-40-37-35-33-31-29-26-23-20-17-14-11-8-5-2/h18,21,27,38,64H,4-17,19-20,22-26,28-37,39-63H2,1-3H3. The molecule has 0 radical (unpaired) electrons. The van der Waals surface area contributed by atoms with Crippen LogP contribution in [0.5, 0.6) is 0 Å². The Morgan fingerprint density at radius 1 is 0.304 bits per heavy atom. The highest BCUT2D eigenvalue weighted by molar-refractivity contribution is 5.69. The Balaban J connectivity index is 4.09. The fourth-order valence-corrected chi connectivity index (χ4v) is 9.79. The van der Waals surface area contributed by atoms with Crippen molar-refractivity contribution < 1.29 is 19.0 Å². The molecule has 0 amide bonds. The molecule has 0 aromatic heterocycles. The van der Waals surface area contributed by atoms with E-state index in [2.05, 4.69) is 45.1 Å². The molecule has 4 nitrogen and oxygen atoms in total. The van der Waals surface area contributed by atoms with Crippen LogP contribution in [0.4, 0.5) is 0 Å². The third-order valence-electron chi connectivity index (χ3n) is 14.5. The summed E-state index contributed by atoms with van der Waals surface area (Å²) in [6.07, 6.45) is 78.3. The van der Waals surface area contributed by atoms with Crippen molar-refractivity contribution in [3.8, 4) is 0 Å². The predicted octanol–water partition coefficient (Wildman–Crippen LogP) is 22.4. The number of carbonyl (C=O) groups excluding carboxylic acids is 1. The number of ether oxygens (including phenoxy) is 3. The van der Waals surface area contributed by atoms with E-state index in [1.54, 1.807) is 0 Å². The number of unbranched alkanes of at least 4 members (excludes halogenated alkanes) is 46. The van der Waals surface area contributed by atoms with Crippen molar-refractivity contribution in [3.63, 3.8) is 0 Å². The smallest absolute Gasteiger partial charge is 0.306 e. The zero-order valence-corrected chi connectivity index (χ0v) is 47.6. The van der Waals surface area contributed by atoms with E-state index in [1.807, 2.05) is 0 Å². The first-order valence-corrected chi connectivity index (χ1v) is 31.9. The molecule has 69 heavy (non-hydrogen) atoms. The van der Waals surface area contributed by atoms with E-state index in [9.17, 15) is 4.79 Å². The third kappa shape index (κ3) is 61.1. The fourth-order valence-electron chi connectivity index (χ4n) is 9.79. The van der Waals surface area contributed by atoms with Crippen molar-refractivity contribution in [1.82, 2.24) is 0 Å². The van der Waals surface area contributed by atoms with Crippen LogP contribution in [-0.2, 0) is 19.0 Å². The van der Waals surface area contributed by atoms with E-state index in [-0.39, 0.29) is 12.1 Å². The molecule has 4 heteroatoms. The molecule has 0 aromatic rings. The van der Waals surface area contributed by atoms with Crippen molar-refractivity contribution in [2.45, 2.75) is 361 Å². The average molecular weight is 972 g/mol. The van der Waals surface area contributed by atoms with E-state index < -0.39 is 0 Å². The van der Waals surface area contributed by atoms with Gasteiger partial charge in [-0.05, 0) is 51.4 Å². The van der Waals surface area contributed by atoms with Crippen LogP contribution in [0, 0.1) is 0 Å². The summed E-state index contributed by atoms with van der Waals surface area (Å²) in [7, 11) is 0. The van der Waals surface area contributed by atoms with Gasteiger partial charge in [0.15, 0.2) is 0 Å². The first-order chi connectivity index (χ1) is 34.2. The molecular formula is C65H126O4. The van der Waals surface area contributed by atoms with E-state index in [1.165, 1.54) is 289 Å². The minimum atomic E-state index is -0.300. The molecule has 0 rings (SSSR count). The van der Waals surface area contributed by atoms with Crippen molar-refractivity contribution in [3.05, 3.63) is 24.3 Å². The number of rotatable bonds is 61. The maximum absolute atomic E-state index is 12.9. The molecule has 0 spiro atoms. The Kier molecular flexibility index (Phi) is 62.0. The number of hydrogen-bond acceptors (Lipinski definition) is 4. The lowest BCUT2D eigenvalue weighted by Gasteiger charge is -2.18. The first kappa shape index (κ1) is 67.9. The lowest BCUT2D eigenvalue weighted by Crippen LogP contribution is -2.29. The first-order valence-electron chi connectivity index (χ1n) is 31.9. The molecule has 0 fully saturated rings. The average Bonchev–Trinajstić information content (AvgIpc) is 3.35. The quantitative estimate of drug-likeness (QED) is 0.0346. The second-order valence-corrected chi connectivity index (χ2v) is 21.7. The van der Waals surface area contributed by atoms with E-state index in [0.717, 1.165) is 51.7 Å². The molecule has 0 N–H and O–H groups in total. The Morgan fingerprint density at radius 3 is 0.870 bits per heavy atom. The van der Waals surface area contributed by atoms with Gasteiger partial charge in [0.05, 0.1) is 13.2 Å². The summed E-state index contributed by atoms with van der Waals surface area (Å²) in [4.78, 5) is 12.9. The van der Waals surface area contributed by atoms with Gasteiger partial charge in [-0.3, -0.25) is 4.79 Å². The highest BCUT2D eigenvalue weighted by Gasteiger charge is 2.15. The van der Waals surface area contributed by atoms with Gasteiger partial charge >= 0.3 is 5.97 Å². The molecule has 0 aromatic carbocycles. The Hall–Kier alpha value is -1.13. The molecule has 0 atom stereocenters. The lowest BCUT2D eigenvalue weighted by atomic mass is 10.0. The van der Waals surface area contributed by atoms with Crippen LogP contribution in [0.1, 0.15) is 355 Å². The Labute approximate surface area is 434 Å². The summed E-state index contributed by atoms with van der Waals surface area (Å²) in [6, 6.07) is 0. The van der Waals surface area contributed by atoms with Crippen molar-refractivity contribution in [2.75, 3.05) is 26.4 Å². The third-order valence-corrected chi connectivity index (χ3v) is 14.5. The zero-order chi connectivity index (χ0) is 49.7. The Morgan fingerprint density at radius 2 is 0.551 bits per heavy atom. The summed E-state index contributed by atoms with van der Waals surface area (Å²) in [6.45, 7) is 9.26. The van der Waals surface area contributed by atoms with Crippen molar-refractivity contribution in [2.24, 2.45) is 0 Å². The van der Waals surface area contributed by atoms with Crippen LogP contribution >= 0.6 is 0 Å². The molecule has 0 aliphatic heterocycles. The molecule has 0 saturated carbocycles.